The van der Waals surface area contributed by atoms with Gasteiger partial charge in [-0.05, 0) is 13.8 Å². The van der Waals surface area contributed by atoms with Gasteiger partial charge in [-0.15, -0.1) is 0 Å². The number of hydrogen-bond donors (Lipinski definition) is 1. The van der Waals surface area contributed by atoms with Gasteiger partial charge in [-0.3, -0.25) is 4.90 Å². The van der Waals surface area contributed by atoms with Crippen LogP contribution in [-0.2, 0) is 14.3 Å². The van der Waals surface area contributed by atoms with Gasteiger partial charge in [0.05, 0.1) is 25.4 Å². The Labute approximate surface area is 102 Å². The summed E-state index contributed by atoms with van der Waals surface area (Å²) in [4.78, 5) is 13.5. The van der Waals surface area contributed by atoms with Gasteiger partial charge < -0.3 is 14.6 Å². The molecule has 0 aliphatic carbocycles. The normalized spacial score (nSPS) is 25.6. The van der Waals surface area contributed by atoms with Gasteiger partial charge in [0.1, 0.15) is 0 Å². The number of aliphatic hydroxyl groups is 1. The third kappa shape index (κ3) is 4.46. The fourth-order valence-electron chi connectivity index (χ4n) is 1.94. The zero-order chi connectivity index (χ0) is 12.8. The van der Waals surface area contributed by atoms with Crippen LogP contribution < -0.4 is 0 Å². The van der Waals surface area contributed by atoms with Crippen LogP contribution in [0.1, 0.15) is 13.8 Å². The predicted molar refractivity (Wildman–Crippen MR) is 63.6 cm³/mol. The summed E-state index contributed by atoms with van der Waals surface area (Å²) >= 11 is 0. The lowest BCUT2D eigenvalue weighted by atomic mass is 10.2. The van der Waals surface area contributed by atoms with Crippen molar-refractivity contribution in [3.05, 3.63) is 12.2 Å². The predicted octanol–water partition coefficient (Wildman–Crippen LogP) is 0.187. The summed E-state index contributed by atoms with van der Waals surface area (Å²) in [6.07, 6.45) is -0.135. The van der Waals surface area contributed by atoms with E-state index in [1.165, 1.54) is 0 Å². The molecule has 1 aliphatic rings. The van der Waals surface area contributed by atoms with E-state index >= 15 is 0 Å². The van der Waals surface area contributed by atoms with E-state index < -0.39 is 0 Å². The number of morpholine rings is 1. The second-order valence-electron chi connectivity index (χ2n) is 4.27. The van der Waals surface area contributed by atoms with Gasteiger partial charge in [0.2, 0.25) is 0 Å². The van der Waals surface area contributed by atoms with E-state index in [1.54, 1.807) is 6.92 Å². The Bertz CT molecular complexity index is 280. The number of ether oxygens (including phenoxy) is 2. The van der Waals surface area contributed by atoms with Crippen molar-refractivity contribution in [1.82, 2.24) is 4.90 Å². The van der Waals surface area contributed by atoms with Crippen LogP contribution in [0.4, 0.5) is 0 Å². The minimum Gasteiger partial charge on any atom is -0.463 e. The standard InChI is InChI=1S/C12H21NO4/c1-4-16-12(15)9(2)5-13-6-10(3)17-11(7-13)8-14/h10-11,14H,2,4-8H2,1,3H3. The lowest BCUT2D eigenvalue weighted by molar-refractivity contribution is -0.139. The van der Waals surface area contributed by atoms with Crippen molar-refractivity contribution in [3.8, 4) is 0 Å². The molecule has 1 saturated heterocycles. The van der Waals surface area contributed by atoms with Crippen molar-refractivity contribution in [2.24, 2.45) is 0 Å². The number of hydrogen-bond acceptors (Lipinski definition) is 5. The van der Waals surface area contributed by atoms with Crippen LogP contribution in [0, 0.1) is 0 Å². The molecule has 0 spiro atoms. The SMILES string of the molecule is C=C(CN1CC(C)OC(CO)C1)C(=O)OCC. The molecule has 0 bridgehead atoms. The largest absolute Gasteiger partial charge is 0.463 e. The Kier molecular flexibility index (Phi) is 5.61. The quantitative estimate of drug-likeness (QED) is 0.551. The summed E-state index contributed by atoms with van der Waals surface area (Å²) < 4.78 is 10.4. The summed E-state index contributed by atoms with van der Waals surface area (Å²) in [7, 11) is 0. The molecule has 0 aromatic carbocycles. The second-order valence-corrected chi connectivity index (χ2v) is 4.27. The summed E-state index contributed by atoms with van der Waals surface area (Å²) in [5, 5.41) is 9.09. The van der Waals surface area contributed by atoms with Gasteiger partial charge in [-0.1, -0.05) is 6.58 Å². The Morgan fingerprint density at radius 1 is 1.59 bits per heavy atom. The first-order valence-electron chi connectivity index (χ1n) is 5.90. The molecule has 1 N–H and O–H groups in total. The summed E-state index contributed by atoms with van der Waals surface area (Å²) in [5.74, 6) is -0.354. The number of carbonyl (C=O) groups is 1. The molecule has 98 valence electrons. The molecule has 1 aliphatic heterocycles. The number of carbonyl (C=O) groups excluding carboxylic acids is 1. The summed E-state index contributed by atoms with van der Waals surface area (Å²) in [6.45, 7) is 9.59. The number of nitrogens with zero attached hydrogens (tertiary/aromatic N) is 1. The Hall–Kier alpha value is -0.910. The Balaban J connectivity index is 2.44. The number of esters is 1. The van der Waals surface area contributed by atoms with Gasteiger partial charge in [-0.25, -0.2) is 4.79 Å². The number of aliphatic hydroxyl groups excluding tert-OH is 1. The van der Waals surface area contributed by atoms with Gasteiger partial charge in [0, 0.05) is 25.2 Å². The highest BCUT2D eigenvalue weighted by atomic mass is 16.5. The van der Waals surface area contributed by atoms with Crippen molar-refractivity contribution in [1.29, 1.82) is 0 Å². The fourth-order valence-corrected chi connectivity index (χ4v) is 1.94. The fraction of sp³-hybridized carbons (Fsp3) is 0.750. The molecule has 5 heteroatoms. The molecule has 2 unspecified atom stereocenters. The maximum absolute atomic E-state index is 11.4. The van der Waals surface area contributed by atoms with Crippen LogP contribution in [0.3, 0.4) is 0 Å². The third-order valence-corrected chi connectivity index (χ3v) is 2.58. The van der Waals surface area contributed by atoms with Crippen LogP contribution in [-0.4, -0.2) is 61.0 Å². The molecule has 0 aromatic rings. The molecular formula is C12H21NO4. The average Bonchev–Trinajstić information content (AvgIpc) is 2.28. The zero-order valence-electron chi connectivity index (χ0n) is 10.5. The van der Waals surface area contributed by atoms with E-state index in [-0.39, 0.29) is 24.8 Å². The third-order valence-electron chi connectivity index (χ3n) is 2.58. The van der Waals surface area contributed by atoms with Crippen molar-refractivity contribution in [2.75, 3.05) is 32.8 Å². The molecule has 0 amide bonds. The van der Waals surface area contributed by atoms with Crippen molar-refractivity contribution in [2.45, 2.75) is 26.1 Å². The highest BCUT2D eigenvalue weighted by Gasteiger charge is 2.25. The first-order chi connectivity index (χ1) is 8.06. The van der Waals surface area contributed by atoms with E-state index in [0.29, 0.717) is 25.3 Å². The van der Waals surface area contributed by atoms with Crippen molar-refractivity contribution in [3.63, 3.8) is 0 Å². The van der Waals surface area contributed by atoms with Crippen molar-refractivity contribution >= 4 is 5.97 Å². The molecule has 0 radical (unpaired) electrons. The minimum atomic E-state index is -0.354. The molecule has 17 heavy (non-hydrogen) atoms. The van der Waals surface area contributed by atoms with Crippen LogP contribution in [0.5, 0.6) is 0 Å². The second kappa shape index (κ2) is 6.74. The van der Waals surface area contributed by atoms with Crippen LogP contribution in [0.2, 0.25) is 0 Å². The van der Waals surface area contributed by atoms with Crippen LogP contribution in [0.15, 0.2) is 12.2 Å². The minimum absolute atomic E-state index is 0.00722. The summed E-state index contributed by atoms with van der Waals surface area (Å²) in [5.41, 5.74) is 0.442. The molecule has 2 atom stereocenters. The number of rotatable bonds is 5. The van der Waals surface area contributed by atoms with E-state index in [0.717, 1.165) is 6.54 Å². The molecule has 5 nitrogen and oxygen atoms in total. The van der Waals surface area contributed by atoms with E-state index in [9.17, 15) is 4.79 Å². The monoisotopic (exact) mass is 243 g/mol. The smallest absolute Gasteiger partial charge is 0.334 e. The van der Waals surface area contributed by atoms with E-state index in [4.69, 9.17) is 14.6 Å². The molecule has 0 saturated carbocycles. The topological polar surface area (TPSA) is 59.0 Å². The maximum atomic E-state index is 11.4. The molecule has 1 fully saturated rings. The van der Waals surface area contributed by atoms with Crippen LogP contribution >= 0.6 is 0 Å². The lowest BCUT2D eigenvalue weighted by Crippen LogP contribution is -2.48. The average molecular weight is 243 g/mol. The van der Waals surface area contributed by atoms with Gasteiger partial charge in [0.25, 0.3) is 0 Å². The Morgan fingerprint density at radius 2 is 2.29 bits per heavy atom. The summed E-state index contributed by atoms with van der Waals surface area (Å²) in [6, 6.07) is 0. The lowest BCUT2D eigenvalue weighted by Gasteiger charge is -2.36. The highest BCUT2D eigenvalue weighted by molar-refractivity contribution is 5.88. The molecule has 1 heterocycles. The van der Waals surface area contributed by atoms with E-state index in [2.05, 4.69) is 6.58 Å². The first kappa shape index (κ1) is 14.2. The molecule has 1 rings (SSSR count). The maximum Gasteiger partial charge on any atom is 0.334 e. The van der Waals surface area contributed by atoms with Crippen molar-refractivity contribution < 1.29 is 19.4 Å². The molecular weight excluding hydrogens is 222 g/mol. The molecule has 0 aromatic heterocycles. The Morgan fingerprint density at radius 3 is 2.88 bits per heavy atom. The van der Waals surface area contributed by atoms with E-state index in [1.807, 2.05) is 11.8 Å². The zero-order valence-corrected chi connectivity index (χ0v) is 10.5. The van der Waals surface area contributed by atoms with Crippen LogP contribution in [0.25, 0.3) is 0 Å². The van der Waals surface area contributed by atoms with Gasteiger partial charge in [-0.2, -0.15) is 0 Å². The first-order valence-corrected chi connectivity index (χ1v) is 5.90. The van der Waals surface area contributed by atoms with Gasteiger partial charge >= 0.3 is 5.97 Å². The van der Waals surface area contributed by atoms with Gasteiger partial charge in [0.15, 0.2) is 0 Å². The highest BCUT2D eigenvalue weighted by Crippen LogP contribution is 2.12.